The third-order valence-corrected chi connectivity index (χ3v) is 4.23. The molecule has 0 aliphatic heterocycles. The Kier molecular flexibility index (Phi) is 3.82. The van der Waals surface area contributed by atoms with Crippen molar-refractivity contribution >= 4 is 21.4 Å². The molecule has 0 aliphatic carbocycles. The van der Waals surface area contributed by atoms with Crippen LogP contribution in [0.25, 0.3) is 0 Å². The lowest BCUT2D eigenvalue weighted by atomic mass is 10.1. The Bertz CT molecular complexity index is 842. The zero-order valence-corrected chi connectivity index (χ0v) is 11.9. The fourth-order valence-electron chi connectivity index (χ4n) is 1.75. The van der Waals surface area contributed by atoms with E-state index in [9.17, 15) is 12.8 Å². The van der Waals surface area contributed by atoms with Gasteiger partial charge in [-0.3, -0.25) is 4.72 Å². The summed E-state index contributed by atoms with van der Waals surface area (Å²) in [6.45, 7) is 1.62. The molecule has 0 spiro atoms. The Balaban J connectivity index is 2.41. The molecule has 21 heavy (non-hydrogen) atoms. The molecule has 2 rings (SSSR count). The summed E-state index contributed by atoms with van der Waals surface area (Å²) in [5.41, 5.74) is 6.43. The molecule has 0 heterocycles. The van der Waals surface area contributed by atoms with Gasteiger partial charge in [-0.05, 0) is 48.9 Å². The van der Waals surface area contributed by atoms with E-state index in [1.54, 1.807) is 6.92 Å². The highest BCUT2D eigenvalue weighted by atomic mass is 32.2. The molecular weight excluding hydrogens is 293 g/mol. The summed E-state index contributed by atoms with van der Waals surface area (Å²) in [7, 11) is -3.96. The van der Waals surface area contributed by atoms with Gasteiger partial charge in [0.1, 0.15) is 5.82 Å². The van der Waals surface area contributed by atoms with Crippen LogP contribution in [0, 0.1) is 24.1 Å². The number of nitrogen functional groups attached to an aromatic ring is 1. The van der Waals surface area contributed by atoms with E-state index in [1.165, 1.54) is 30.3 Å². The van der Waals surface area contributed by atoms with Gasteiger partial charge in [-0.25, -0.2) is 12.8 Å². The number of nitrogens with one attached hydrogen (secondary N) is 1. The van der Waals surface area contributed by atoms with Crippen molar-refractivity contribution in [1.29, 1.82) is 5.26 Å². The van der Waals surface area contributed by atoms with Crippen LogP contribution in [-0.4, -0.2) is 8.42 Å². The van der Waals surface area contributed by atoms with Crippen molar-refractivity contribution in [2.75, 3.05) is 10.5 Å². The van der Waals surface area contributed by atoms with Gasteiger partial charge in [0.05, 0.1) is 22.2 Å². The second-order valence-electron chi connectivity index (χ2n) is 4.43. The van der Waals surface area contributed by atoms with Gasteiger partial charge in [0, 0.05) is 5.69 Å². The lowest BCUT2D eigenvalue weighted by Gasteiger charge is -2.10. The lowest BCUT2D eigenvalue weighted by Crippen LogP contribution is -2.14. The molecule has 108 valence electrons. The first-order chi connectivity index (χ1) is 9.83. The summed E-state index contributed by atoms with van der Waals surface area (Å²) in [5.74, 6) is -0.724. The summed E-state index contributed by atoms with van der Waals surface area (Å²) in [6.07, 6.45) is 0. The molecule has 0 saturated carbocycles. The number of aryl methyl sites for hydroxylation is 1. The molecule has 0 unspecified atom stereocenters. The van der Waals surface area contributed by atoms with Crippen molar-refractivity contribution in [2.24, 2.45) is 0 Å². The van der Waals surface area contributed by atoms with Crippen LogP contribution in [0.3, 0.4) is 0 Å². The highest BCUT2D eigenvalue weighted by Crippen LogP contribution is 2.22. The van der Waals surface area contributed by atoms with Gasteiger partial charge >= 0.3 is 0 Å². The molecule has 0 amide bonds. The molecule has 0 aromatic heterocycles. The normalized spacial score (nSPS) is 10.9. The number of nitriles is 1. The predicted molar refractivity (Wildman–Crippen MR) is 77.5 cm³/mol. The number of nitrogens with zero attached hydrogens (tertiary/aromatic N) is 1. The van der Waals surface area contributed by atoms with E-state index in [-0.39, 0.29) is 16.3 Å². The van der Waals surface area contributed by atoms with Crippen molar-refractivity contribution in [1.82, 2.24) is 0 Å². The van der Waals surface area contributed by atoms with Crippen molar-refractivity contribution in [2.45, 2.75) is 11.8 Å². The van der Waals surface area contributed by atoms with Gasteiger partial charge in [-0.15, -0.1) is 0 Å². The van der Waals surface area contributed by atoms with E-state index in [2.05, 4.69) is 4.72 Å². The van der Waals surface area contributed by atoms with E-state index in [0.717, 1.165) is 6.07 Å². The molecular formula is C14H12FN3O2S. The Morgan fingerprint density at radius 3 is 2.57 bits per heavy atom. The number of nitrogens with two attached hydrogens (primary N) is 1. The average molecular weight is 305 g/mol. The molecule has 0 saturated heterocycles. The van der Waals surface area contributed by atoms with Crippen LogP contribution in [0.1, 0.15) is 11.1 Å². The molecule has 2 aromatic carbocycles. The van der Waals surface area contributed by atoms with Gasteiger partial charge in [0.25, 0.3) is 10.0 Å². The number of hydrogen-bond donors (Lipinski definition) is 2. The van der Waals surface area contributed by atoms with Gasteiger partial charge in [-0.2, -0.15) is 5.26 Å². The van der Waals surface area contributed by atoms with Crippen LogP contribution in [-0.2, 0) is 10.0 Å². The van der Waals surface area contributed by atoms with Gasteiger partial charge in [-0.1, -0.05) is 0 Å². The summed E-state index contributed by atoms with van der Waals surface area (Å²) in [5, 5.41) is 8.84. The van der Waals surface area contributed by atoms with E-state index < -0.39 is 15.8 Å². The van der Waals surface area contributed by atoms with Crippen molar-refractivity contribution in [3.63, 3.8) is 0 Å². The summed E-state index contributed by atoms with van der Waals surface area (Å²) >= 11 is 0. The molecule has 3 N–H and O–H groups in total. The van der Waals surface area contributed by atoms with Gasteiger partial charge in [0.15, 0.2) is 0 Å². The molecule has 5 nitrogen and oxygen atoms in total. The zero-order chi connectivity index (χ0) is 15.6. The van der Waals surface area contributed by atoms with Crippen LogP contribution in [0.2, 0.25) is 0 Å². The summed E-state index contributed by atoms with van der Waals surface area (Å²) in [4.78, 5) is -0.0548. The number of anilines is 2. The fourth-order valence-corrected chi connectivity index (χ4v) is 2.90. The smallest absolute Gasteiger partial charge is 0.261 e. The van der Waals surface area contributed by atoms with Crippen molar-refractivity contribution in [3.8, 4) is 6.07 Å². The molecule has 0 fully saturated rings. The van der Waals surface area contributed by atoms with Crippen LogP contribution >= 0.6 is 0 Å². The molecule has 0 aliphatic rings. The van der Waals surface area contributed by atoms with E-state index in [1.807, 2.05) is 6.07 Å². The van der Waals surface area contributed by atoms with Crippen LogP contribution in [0.4, 0.5) is 15.8 Å². The van der Waals surface area contributed by atoms with Gasteiger partial charge in [0.2, 0.25) is 0 Å². The molecule has 0 radical (unpaired) electrons. The molecule has 7 heteroatoms. The first kappa shape index (κ1) is 14.8. The Morgan fingerprint density at radius 2 is 1.95 bits per heavy atom. The predicted octanol–water partition coefficient (Wildman–Crippen LogP) is 2.39. The fraction of sp³-hybridized carbons (Fsp3) is 0.0714. The number of benzene rings is 2. The molecule has 0 bridgehead atoms. The monoisotopic (exact) mass is 305 g/mol. The maximum atomic E-state index is 13.6. The summed E-state index contributed by atoms with van der Waals surface area (Å²) < 4.78 is 40.2. The lowest BCUT2D eigenvalue weighted by molar-refractivity contribution is 0.598. The first-order valence-corrected chi connectivity index (χ1v) is 7.40. The van der Waals surface area contributed by atoms with Crippen molar-refractivity contribution < 1.29 is 12.8 Å². The highest BCUT2D eigenvalue weighted by molar-refractivity contribution is 7.92. The minimum Gasteiger partial charge on any atom is -0.399 e. The number of sulfonamides is 1. The van der Waals surface area contributed by atoms with Crippen molar-refractivity contribution in [3.05, 3.63) is 53.3 Å². The van der Waals surface area contributed by atoms with Crippen LogP contribution in [0.5, 0.6) is 0 Å². The minimum absolute atomic E-state index is 0.0548. The maximum Gasteiger partial charge on any atom is 0.261 e. The number of rotatable bonds is 3. The Hall–Kier alpha value is -2.59. The topological polar surface area (TPSA) is 96.0 Å². The quantitative estimate of drug-likeness (QED) is 0.851. The van der Waals surface area contributed by atoms with E-state index in [0.29, 0.717) is 11.1 Å². The van der Waals surface area contributed by atoms with Crippen LogP contribution in [0.15, 0.2) is 41.3 Å². The third kappa shape index (κ3) is 3.12. The largest absolute Gasteiger partial charge is 0.399 e. The first-order valence-electron chi connectivity index (χ1n) is 5.92. The van der Waals surface area contributed by atoms with Gasteiger partial charge < -0.3 is 5.73 Å². The minimum atomic E-state index is -3.96. The zero-order valence-electron chi connectivity index (χ0n) is 11.1. The second kappa shape index (κ2) is 5.42. The SMILES string of the molecule is Cc1cc(S(=O)(=O)Nc2cc(N)ccc2F)ccc1C#N. The standard InChI is InChI=1S/C14H12FN3O2S/c1-9-6-12(4-2-10(9)8-16)21(19,20)18-14-7-11(17)3-5-13(14)15/h2-7,18H,17H2,1H3. The number of halogens is 1. The highest BCUT2D eigenvalue weighted by Gasteiger charge is 2.17. The van der Waals surface area contributed by atoms with E-state index in [4.69, 9.17) is 11.0 Å². The summed E-state index contributed by atoms with van der Waals surface area (Å²) in [6, 6.07) is 9.60. The van der Waals surface area contributed by atoms with Crippen LogP contribution < -0.4 is 10.5 Å². The third-order valence-electron chi connectivity index (χ3n) is 2.86. The second-order valence-corrected chi connectivity index (χ2v) is 6.12. The Labute approximate surface area is 121 Å². The molecule has 0 atom stereocenters. The number of hydrogen-bond acceptors (Lipinski definition) is 4. The average Bonchev–Trinajstić information content (AvgIpc) is 2.42. The van der Waals surface area contributed by atoms with E-state index >= 15 is 0 Å². The Morgan fingerprint density at radius 1 is 1.24 bits per heavy atom. The maximum absolute atomic E-state index is 13.6. The molecule has 2 aromatic rings.